The third-order valence-electron chi connectivity index (χ3n) is 3.10. The van der Waals surface area contributed by atoms with Crippen molar-refractivity contribution in [3.8, 4) is 5.75 Å². The van der Waals surface area contributed by atoms with Gasteiger partial charge in [0.05, 0.1) is 13.7 Å². The Morgan fingerprint density at radius 1 is 1.05 bits per heavy atom. The molecule has 2 N–H and O–H groups in total. The van der Waals surface area contributed by atoms with Crippen LogP contribution in [0, 0.1) is 6.92 Å². The van der Waals surface area contributed by atoms with Gasteiger partial charge in [0.1, 0.15) is 5.75 Å². The number of nitrogens with one attached hydrogen (secondary N) is 1. The molecule has 0 unspecified atom stereocenters. The van der Waals surface area contributed by atoms with E-state index in [1.54, 1.807) is 7.11 Å². The number of ether oxygens (including phenoxy) is 1. The topological polar surface area (TPSA) is 41.5 Å². The van der Waals surface area contributed by atoms with Gasteiger partial charge in [0.2, 0.25) is 0 Å². The van der Waals surface area contributed by atoms with E-state index in [0.717, 1.165) is 29.1 Å². The SMILES string of the molecule is COc1ccc(NCc2ccc(CO)cc2)cc1C. The van der Waals surface area contributed by atoms with Crippen molar-refractivity contribution in [2.45, 2.75) is 20.1 Å². The molecule has 0 aromatic heterocycles. The Bertz CT molecular complexity index is 535. The maximum Gasteiger partial charge on any atom is 0.121 e. The van der Waals surface area contributed by atoms with Gasteiger partial charge >= 0.3 is 0 Å². The van der Waals surface area contributed by atoms with Crippen LogP contribution in [-0.2, 0) is 13.2 Å². The lowest BCUT2D eigenvalue weighted by molar-refractivity contribution is 0.282. The first kappa shape index (κ1) is 13.4. The molecule has 0 aliphatic rings. The van der Waals surface area contributed by atoms with Crippen LogP contribution in [0.3, 0.4) is 0 Å². The van der Waals surface area contributed by atoms with Crippen molar-refractivity contribution >= 4 is 5.69 Å². The van der Waals surface area contributed by atoms with E-state index < -0.39 is 0 Å². The second-order valence-electron chi connectivity index (χ2n) is 4.51. The van der Waals surface area contributed by atoms with Gasteiger partial charge in [-0.1, -0.05) is 24.3 Å². The number of aliphatic hydroxyl groups excluding tert-OH is 1. The second kappa shape index (κ2) is 6.25. The number of methoxy groups -OCH3 is 1. The number of rotatable bonds is 5. The molecule has 100 valence electrons. The van der Waals surface area contributed by atoms with Gasteiger partial charge in [-0.2, -0.15) is 0 Å². The first-order valence-corrected chi connectivity index (χ1v) is 6.30. The minimum absolute atomic E-state index is 0.0887. The zero-order valence-corrected chi connectivity index (χ0v) is 11.3. The van der Waals surface area contributed by atoms with E-state index in [2.05, 4.69) is 11.4 Å². The van der Waals surface area contributed by atoms with Crippen molar-refractivity contribution < 1.29 is 9.84 Å². The molecule has 0 amide bonds. The molecule has 0 bridgehead atoms. The fourth-order valence-corrected chi connectivity index (χ4v) is 1.96. The zero-order chi connectivity index (χ0) is 13.7. The maximum atomic E-state index is 8.99. The highest BCUT2D eigenvalue weighted by Crippen LogP contribution is 2.21. The van der Waals surface area contributed by atoms with Crippen LogP contribution in [0.4, 0.5) is 5.69 Å². The lowest BCUT2D eigenvalue weighted by Gasteiger charge is -2.10. The minimum Gasteiger partial charge on any atom is -0.496 e. The zero-order valence-electron chi connectivity index (χ0n) is 11.3. The number of aryl methyl sites for hydroxylation is 1. The average molecular weight is 257 g/mol. The third kappa shape index (κ3) is 3.48. The largest absolute Gasteiger partial charge is 0.496 e. The third-order valence-corrected chi connectivity index (χ3v) is 3.10. The van der Waals surface area contributed by atoms with E-state index in [-0.39, 0.29) is 6.61 Å². The van der Waals surface area contributed by atoms with Crippen molar-refractivity contribution in [1.82, 2.24) is 0 Å². The molecular weight excluding hydrogens is 238 g/mol. The number of anilines is 1. The lowest BCUT2D eigenvalue weighted by Crippen LogP contribution is -2.00. The Kier molecular flexibility index (Phi) is 4.42. The van der Waals surface area contributed by atoms with E-state index in [1.807, 2.05) is 43.3 Å². The van der Waals surface area contributed by atoms with Gasteiger partial charge in [-0.3, -0.25) is 0 Å². The molecule has 0 fully saturated rings. The molecule has 0 saturated heterocycles. The van der Waals surface area contributed by atoms with Crippen LogP contribution in [0.1, 0.15) is 16.7 Å². The summed E-state index contributed by atoms with van der Waals surface area (Å²) in [4.78, 5) is 0. The smallest absolute Gasteiger partial charge is 0.121 e. The Balaban J connectivity index is 1.99. The summed E-state index contributed by atoms with van der Waals surface area (Å²) in [6.45, 7) is 2.88. The van der Waals surface area contributed by atoms with Crippen LogP contribution in [0.15, 0.2) is 42.5 Å². The number of benzene rings is 2. The van der Waals surface area contributed by atoms with E-state index in [0.29, 0.717) is 0 Å². The maximum absolute atomic E-state index is 8.99. The van der Waals surface area contributed by atoms with Crippen molar-refractivity contribution in [3.05, 3.63) is 59.2 Å². The summed E-state index contributed by atoms with van der Waals surface area (Å²) < 4.78 is 5.24. The minimum atomic E-state index is 0.0887. The normalized spacial score (nSPS) is 10.3. The highest BCUT2D eigenvalue weighted by Gasteiger charge is 2.00. The first-order valence-electron chi connectivity index (χ1n) is 6.30. The molecule has 2 aromatic carbocycles. The monoisotopic (exact) mass is 257 g/mol. The fourth-order valence-electron chi connectivity index (χ4n) is 1.96. The van der Waals surface area contributed by atoms with Crippen LogP contribution in [-0.4, -0.2) is 12.2 Å². The Labute approximate surface area is 113 Å². The number of hydrogen-bond acceptors (Lipinski definition) is 3. The standard InChI is InChI=1S/C16H19NO2/c1-12-9-15(7-8-16(12)19-2)17-10-13-3-5-14(11-18)6-4-13/h3-9,17-18H,10-11H2,1-2H3. The quantitative estimate of drug-likeness (QED) is 0.864. The van der Waals surface area contributed by atoms with Crippen molar-refractivity contribution in [3.63, 3.8) is 0 Å². The summed E-state index contributed by atoms with van der Waals surface area (Å²) in [6, 6.07) is 14.0. The van der Waals surface area contributed by atoms with Gasteiger partial charge < -0.3 is 15.2 Å². The summed E-state index contributed by atoms with van der Waals surface area (Å²) in [5.74, 6) is 0.901. The molecule has 0 spiro atoms. The fraction of sp³-hybridized carbons (Fsp3) is 0.250. The van der Waals surface area contributed by atoms with Crippen LogP contribution < -0.4 is 10.1 Å². The first-order chi connectivity index (χ1) is 9.22. The van der Waals surface area contributed by atoms with Crippen molar-refractivity contribution in [2.75, 3.05) is 12.4 Å². The molecule has 0 heterocycles. The van der Waals surface area contributed by atoms with Crippen LogP contribution >= 0.6 is 0 Å². The molecule has 2 rings (SSSR count). The molecule has 0 aliphatic heterocycles. The van der Waals surface area contributed by atoms with E-state index in [9.17, 15) is 0 Å². The summed E-state index contributed by atoms with van der Waals surface area (Å²) in [5, 5.41) is 12.4. The molecule has 0 saturated carbocycles. The van der Waals surface area contributed by atoms with E-state index in [4.69, 9.17) is 9.84 Å². The van der Waals surface area contributed by atoms with E-state index >= 15 is 0 Å². The molecule has 2 aromatic rings. The number of aliphatic hydroxyl groups is 1. The van der Waals surface area contributed by atoms with E-state index in [1.165, 1.54) is 5.56 Å². The van der Waals surface area contributed by atoms with Gasteiger partial charge in [0, 0.05) is 12.2 Å². The van der Waals surface area contributed by atoms with Crippen LogP contribution in [0.25, 0.3) is 0 Å². The molecule has 0 radical (unpaired) electrons. The molecule has 0 aliphatic carbocycles. The average Bonchev–Trinajstić information content (AvgIpc) is 2.46. The molecule has 3 heteroatoms. The van der Waals surface area contributed by atoms with Gasteiger partial charge in [-0.15, -0.1) is 0 Å². The highest BCUT2D eigenvalue weighted by atomic mass is 16.5. The van der Waals surface area contributed by atoms with Gasteiger partial charge in [-0.25, -0.2) is 0 Å². The molecule has 19 heavy (non-hydrogen) atoms. The summed E-state index contributed by atoms with van der Waals surface area (Å²) >= 11 is 0. The summed E-state index contributed by atoms with van der Waals surface area (Å²) in [6.07, 6.45) is 0. The lowest BCUT2D eigenvalue weighted by atomic mass is 10.1. The Morgan fingerprint density at radius 3 is 2.32 bits per heavy atom. The van der Waals surface area contributed by atoms with Crippen molar-refractivity contribution in [2.24, 2.45) is 0 Å². The second-order valence-corrected chi connectivity index (χ2v) is 4.51. The Hall–Kier alpha value is -2.00. The summed E-state index contributed by atoms with van der Waals surface area (Å²) in [5.41, 5.74) is 4.31. The number of hydrogen-bond donors (Lipinski definition) is 2. The highest BCUT2D eigenvalue weighted by molar-refractivity contribution is 5.51. The van der Waals surface area contributed by atoms with Gasteiger partial charge in [0.25, 0.3) is 0 Å². The molecule has 0 atom stereocenters. The molecular formula is C16H19NO2. The predicted molar refractivity (Wildman–Crippen MR) is 77.4 cm³/mol. The van der Waals surface area contributed by atoms with Crippen LogP contribution in [0.2, 0.25) is 0 Å². The Morgan fingerprint density at radius 2 is 1.74 bits per heavy atom. The summed E-state index contributed by atoms with van der Waals surface area (Å²) in [7, 11) is 1.68. The molecule has 3 nitrogen and oxygen atoms in total. The van der Waals surface area contributed by atoms with Crippen molar-refractivity contribution in [1.29, 1.82) is 0 Å². The van der Waals surface area contributed by atoms with Crippen LogP contribution in [0.5, 0.6) is 5.75 Å². The predicted octanol–water partition coefficient (Wildman–Crippen LogP) is 3.11. The van der Waals surface area contributed by atoms with Gasteiger partial charge in [0.15, 0.2) is 0 Å². The van der Waals surface area contributed by atoms with Gasteiger partial charge in [-0.05, 0) is 41.8 Å².